The zero-order valence-corrected chi connectivity index (χ0v) is 11.0. The van der Waals surface area contributed by atoms with Crippen molar-refractivity contribution < 1.29 is 4.79 Å². The Morgan fingerprint density at radius 3 is 2.84 bits per heavy atom. The van der Waals surface area contributed by atoms with Gasteiger partial charge in [0.25, 0.3) is 0 Å². The van der Waals surface area contributed by atoms with Gasteiger partial charge in [0.05, 0.1) is 10.2 Å². The Balaban J connectivity index is 2.12. The lowest BCUT2D eigenvalue weighted by atomic mass is 10.1. The monoisotopic (exact) mass is 270 g/mol. The first-order valence-electron chi connectivity index (χ1n) is 5.71. The maximum atomic E-state index is 12.3. The van der Waals surface area contributed by atoms with Crippen LogP contribution >= 0.6 is 11.3 Å². The molecule has 3 aromatic rings. The molecule has 0 fully saturated rings. The van der Waals surface area contributed by atoms with Crippen molar-refractivity contribution in [2.45, 2.75) is 0 Å². The highest BCUT2D eigenvalue weighted by Gasteiger charge is 2.11. The molecule has 94 valence electrons. The van der Waals surface area contributed by atoms with E-state index in [1.807, 2.05) is 0 Å². The molecular weight excluding hydrogens is 260 g/mol. The standard InChI is InChI=1S/C14H10N2O2S/c1-16-11-5-4-9(7-12(11)19-14(16)18)13(17)10-3-2-6-15-8-10/h2-8H,1H3. The van der Waals surface area contributed by atoms with Crippen LogP contribution in [-0.2, 0) is 7.05 Å². The summed E-state index contributed by atoms with van der Waals surface area (Å²) in [5, 5.41) is 0. The summed E-state index contributed by atoms with van der Waals surface area (Å²) in [7, 11) is 1.73. The van der Waals surface area contributed by atoms with Gasteiger partial charge in [-0.3, -0.25) is 14.6 Å². The lowest BCUT2D eigenvalue weighted by Crippen LogP contribution is -2.06. The fraction of sp³-hybridized carbons (Fsp3) is 0.0714. The Hall–Kier alpha value is -2.27. The number of benzene rings is 1. The van der Waals surface area contributed by atoms with E-state index in [1.165, 1.54) is 0 Å². The number of carbonyl (C=O) groups excluding carboxylic acids is 1. The minimum Gasteiger partial charge on any atom is -0.302 e. The molecule has 4 nitrogen and oxygen atoms in total. The van der Waals surface area contributed by atoms with Gasteiger partial charge in [-0.1, -0.05) is 11.3 Å². The number of carbonyl (C=O) groups is 1. The van der Waals surface area contributed by atoms with Crippen LogP contribution in [0.25, 0.3) is 10.2 Å². The van der Waals surface area contributed by atoms with E-state index < -0.39 is 0 Å². The topological polar surface area (TPSA) is 52.0 Å². The van der Waals surface area contributed by atoms with Gasteiger partial charge in [0.15, 0.2) is 5.78 Å². The van der Waals surface area contributed by atoms with E-state index in [1.54, 1.807) is 54.3 Å². The normalized spacial score (nSPS) is 10.8. The van der Waals surface area contributed by atoms with Crippen molar-refractivity contribution in [1.82, 2.24) is 9.55 Å². The number of aryl methyl sites for hydroxylation is 1. The molecule has 1 aromatic carbocycles. The maximum absolute atomic E-state index is 12.3. The minimum atomic E-state index is -0.0847. The second kappa shape index (κ2) is 4.44. The van der Waals surface area contributed by atoms with Crippen molar-refractivity contribution in [3.05, 3.63) is 63.5 Å². The number of thiazole rings is 1. The van der Waals surface area contributed by atoms with Gasteiger partial charge in [-0.2, -0.15) is 0 Å². The van der Waals surface area contributed by atoms with E-state index in [9.17, 15) is 9.59 Å². The first kappa shape index (κ1) is 11.8. The summed E-state index contributed by atoms with van der Waals surface area (Å²) in [5.41, 5.74) is 1.96. The van der Waals surface area contributed by atoms with Gasteiger partial charge in [-0.05, 0) is 30.3 Å². The van der Waals surface area contributed by atoms with Gasteiger partial charge in [0.1, 0.15) is 0 Å². The van der Waals surface area contributed by atoms with E-state index in [2.05, 4.69) is 4.98 Å². The second-order valence-corrected chi connectivity index (χ2v) is 5.17. The van der Waals surface area contributed by atoms with Gasteiger partial charge in [0.2, 0.25) is 0 Å². The van der Waals surface area contributed by atoms with Crippen LogP contribution < -0.4 is 4.87 Å². The number of nitrogens with zero attached hydrogens (tertiary/aromatic N) is 2. The molecule has 5 heteroatoms. The number of fused-ring (bicyclic) bond motifs is 1. The Kier molecular flexibility index (Phi) is 2.76. The maximum Gasteiger partial charge on any atom is 0.307 e. The van der Waals surface area contributed by atoms with Crippen LogP contribution in [-0.4, -0.2) is 15.3 Å². The van der Waals surface area contributed by atoms with Crippen LogP contribution in [0.4, 0.5) is 0 Å². The van der Waals surface area contributed by atoms with Crippen molar-refractivity contribution >= 4 is 27.3 Å². The Labute approximate surface area is 113 Å². The van der Waals surface area contributed by atoms with Crippen LogP contribution in [0.5, 0.6) is 0 Å². The summed E-state index contributed by atoms with van der Waals surface area (Å²) in [4.78, 5) is 27.8. The predicted molar refractivity (Wildman–Crippen MR) is 74.7 cm³/mol. The van der Waals surface area contributed by atoms with Crippen LogP contribution in [0.3, 0.4) is 0 Å². The molecule has 0 atom stereocenters. The lowest BCUT2D eigenvalue weighted by Gasteiger charge is -2.01. The van der Waals surface area contributed by atoms with Crippen LogP contribution in [0, 0.1) is 0 Å². The third-order valence-corrected chi connectivity index (χ3v) is 3.97. The number of ketones is 1. The molecule has 3 rings (SSSR count). The number of hydrogen-bond acceptors (Lipinski definition) is 4. The minimum absolute atomic E-state index is 0.0269. The number of hydrogen-bond donors (Lipinski definition) is 0. The summed E-state index contributed by atoms with van der Waals surface area (Å²) in [6.45, 7) is 0. The number of pyridine rings is 1. The highest BCUT2D eigenvalue weighted by molar-refractivity contribution is 7.16. The molecule has 0 bridgehead atoms. The van der Waals surface area contributed by atoms with E-state index in [4.69, 9.17) is 0 Å². The van der Waals surface area contributed by atoms with E-state index >= 15 is 0 Å². The van der Waals surface area contributed by atoms with Gasteiger partial charge >= 0.3 is 4.87 Å². The molecule has 0 aliphatic rings. The molecule has 0 N–H and O–H groups in total. The first-order chi connectivity index (χ1) is 9.16. The Morgan fingerprint density at radius 1 is 1.26 bits per heavy atom. The summed E-state index contributed by atoms with van der Waals surface area (Å²) in [6, 6.07) is 8.76. The van der Waals surface area contributed by atoms with E-state index in [-0.39, 0.29) is 10.7 Å². The van der Waals surface area contributed by atoms with Gasteiger partial charge < -0.3 is 4.57 Å². The highest BCUT2D eigenvalue weighted by Crippen LogP contribution is 2.20. The molecular formula is C14H10N2O2S. The van der Waals surface area contributed by atoms with Crippen LogP contribution in [0.15, 0.2) is 47.5 Å². The zero-order chi connectivity index (χ0) is 13.4. The van der Waals surface area contributed by atoms with Crippen molar-refractivity contribution in [3.8, 4) is 0 Å². The highest BCUT2D eigenvalue weighted by atomic mass is 32.1. The average molecular weight is 270 g/mol. The molecule has 19 heavy (non-hydrogen) atoms. The summed E-state index contributed by atoms with van der Waals surface area (Å²) >= 11 is 1.15. The summed E-state index contributed by atoms with van der Waals surface area (Å²) in [6.07, 6.45) is 3.17. The number of aromatic nitrogens is 2. The van der Waals surface area contributed by atoms with Crippen molar-refractivity contribution in [2.24, 2.45) is 7.05 Å². The molecule has 2 aromatic heterocycles. The molecule has 0 radical (unpaired) electrons. The van der Waals surface area contributed by atoms with Crippen molar-refractivity contribution in [3.63, 3.8) is 0 Å². The molecule has 0 aliphatic heterocycles. The summed E-state index contributed by atoms with van der Waals surface area (Å²) in [5.74, 6) is -0.0847. The Bertz CT molecular complexity index is 818. The average Bonchev–Trinajstić information content (AvgIpc) is 2.74. The zero-order valence-electron chi connectivity index (χ0n) is 10.2. The molecule has 0 amide bonds. The smallest absolute Gasteiger partial charge is 0.302 e. The fourth-order valence-corrected chi connectivity index (χ4v) is 2.86. The lowest BCUT2D eigenvalue weighted by molar-refractivity contribution is 0.103. The van der Waals surface area contributed by atoms with Crippen molar-refractivity contribution in [2.75, 3.05) is 0 Å². The SMILES string of the molecule is Cn1c(=O)sc2cc(C(=O)c3cccnc3)ccc21. The van der Waals surface area contributed by atoms with Gasteiger partial charge in [0, 0.05) is 30.6 Å². The number of rotatable bonds is 2. The van der Waals surface area contributed by atoms with Crippen LogP contribution in [0.2, 0.25) is 0 Å². The van der Waals surface area contributed by atoms with Gasteiger partial charge in [-0.25, -0.2) is 0 Å². The molecule has 0 unspecified atom stereocenters. The molecule has 0 spiro atoms. The quantitative estimate of drug-likeness (QED) is 0.671. The largest absolute Gasteiger partial charge is 0.307 e. The summed E-state index contributed by atoms with van der Waals surface area (Å²) < 4.78 is 2.40. The Morgan fingerprint density at radius 2 is 2.11 bits per heavy atom. The van der Waals surface area contributed by atoms with E-state index in [0.717, 1.165) is 21.6 Å². The molecule has 0 aliphatic carbocycles. The third-order valence-electron chi connectivity index (χ3n) is 2.98. The van der Waals surface area contributed by atoms with E-state index in [0.29, 0.717) is 11.1 Å². The van der Waals surface area contributed by atoms with Gasteiger partial charge in [-0.15, -0.1) is 0 Å². The predicted octanol–water partition coefficient (Wildman–Crippen LogP) is 2.23. The second-order valence-electron chi connectivity index (χ2n) is 4.18. The molecule has 0 saturated carbocycles. The first-order valence-corrected chi connectivity index (χ1v) is 6.53. The molecule has 0 saturated heterocycles. The van der Waals surface area contributed by atoms with Crippen molar-refractivity contribution in [1.29, 1.82) is 0 Å². The fourth-order valence-electron chi connectivity index (χ4n) is 1.94. The van der Waals surface area contributed by atoms with Crippen LogP contribution in [0.1, 0.15) is 15.9 Å². The molecule has 2 heterocycles. The third kappa shape index (κ3) is 1.98.